The van der Waals surface area contributed by atoms with Crippen LogP contribution in [0.15, 0.2) is 47.5 Å². The summed E-state index contributed by atoms with van der Waals surface area (Å²) in [4.78, 5) is 11.3. The SMILES string of the molecule is COc1cc(C)c(S(=O)(=O)Nc2cccc3ccn(CC(=O)O)c23)c(C)c1. The van der Waals surface area contributed by atoms with E-state index in [-0.39, 0.29) is 11.4 Å². The summed E-state index contributed by atoms with van der Waals surface area (Å²) < 4.78 is 35.4. The zero-order valence-corrected chi connectivity index (χ0v) is 16.0. The van der Waals surface area contributed by atoms with Crippen LogP contribution in [0.2, 0.25) is 0 Å². The molecule has 0 atom stereocenters. The zero-order chi connectivity index (χ0) is 19.8. The Morgan fingerprint density at radius 3 is 2.44 bits per heavy atom. The lowest BCUT2D eigenvalue weighted by Gasteiger charge is -2.16. The molecule has 1 aromatic heterocycles. The van der Waals surface area contributed by atoms with E-state index in [4.69, 9.17) is 9.84 Å². The molecule has 0 spiro atoms. The van der Waals surface area contributed by atoms with Crippen LogP contribution in [0.5, 0.6) is 5.75 Å². The van der Waals surface area contributed by atoms with Crippen LogP contribution >= 0.6 is 0 Å². The molecule has 0 aliphatic rings. The second kappa shape index (κ2) is 6.96. The summed E-state index contributed by atoms with van der Waals surface area (Å²) in [5, 5.41) is 9.85. The number of benzene rings is 2. The molecule has 3 aromatic rings. The molecular weight excluding hydrogens is 368 g/mol. The standard InChI is InChI=1S/C19H20N2O5S/c1-12-9-15(26-3)10-13(2)19(12)27(24,25)20-16-6-4-5-14-7-8-21(18(14)16)11-17(22)23/h4-10,20H,11H2,1-3H3,(H,22,23). The summed E-state index contributed by atoms with van der Waals surface area (Å²) in [6.45, 7) is 3.15. The highest BCUT2D eigenvalue weighted by Crippen LogP contribution is 2.30. The van der Waals surface area contributed by atoms with E-state index >= 15 is 0 Å². The van der Waals surface area contributed by atoms with Crippen LogP contribution in [0.4, 0.5) is 5.69 Å². The van der Waals surface area contributed by atoms with Gasteiger partial charge in [0.15, 0.2) is 0 Å². The van der Waals surface area contributed by atoms with Crippen molar-refractivity contribution in [3.05, 3.63) is 53.7 Å². The number of hydrogen-bond acceptors (Lipinski definition) is 4. The molecule has 0 aliphatic heterocycles. The van der Waals surface area contributed by atoms with Gasteiger partial charge in [-0.2, -0.15) is 0 Å². The average molecular weight is 388 g/mol. The second-order valence-electron chi connectivity index (χ2n) is 6.28. The van der Waals surface area contributed by atoms with Gasteiger partial charge in [0.1, 0.15) is 12.3 Å². The van der Waals surface area contributed by atoms with Gasteiger partial charge >= 0.3 is 5.97 Å². The number of para-hydroxylation sites is 1. The number of anilines is 1. The third-order valence-corrected chi connectivity index (χ3v) is 5.95. The van der Waals surface area contributed by atoms with Gasteiger partial charge in [0.2, 0.25) is 0 Å². The Labute approximate surface area is 157 Å². The molecule has 1 heterocycles. The quantitative estimate of drug-likeness (QED) is 0.676. The number of aryl methyl sites for hydroxylation is 2. The molecule has 8 heteroatoms. The number of carbonyl (C=O) groups is 1. The molecule has 7 nitrogen and oxygen atoms in total. The molecule has 0 aliphatic carbocycles. The molecule has 0 saturated carbocycles. The fourth-order valence-corrected chi connectivity index (χ4v) is 4.79. The molecule has 0 bridgehead atoms. The minimum atomic E-state index is -3.88. The van der Waals surface area contributed by atoms with E-state index in [1.807, 2.05) is 0 Å². The molecule has 0 amide bonds. The highest BCUT2D eigenvalue weighted by atomic mass is 32.2. The predicted octanol–water partition coefficient (Wildman–Crippen LogP) is 3.15. The molecular formula is C19H20N2O5S. The summed E-state index contributed by atoms with van der Waals surface area (Å²) in [5.41, 5.74) is 1.97. The largest absolute Gasteiger partial charge is 0.497 e. The maximum absolute atomic E-state index is 13.1. The topological polar surface area (TPSA) is 97.6 Å². The Balaban J connectivity index is 2.10. The monoisotopic (exact) mass is 388 g/mol. The number of fused-ring (bicyclic) bond motifs is 1. The lowest BCUT2D eigenvalue weighted by molar-refractivity contribution is -0.137. The Morgan fingerprint density at radius 1 is 1.19 bits per heavy atom. The number of carboxylic acids is 1. The van der Waals surface area contributed by atoms with Crippen molar-refractivity contribution < 1.29 is 23.1 Å². The van der Waals surface area contributed by atoms with E-state index in [9.17, 15) is 13.2 Å². The number of rotatable bonds is 6. The van der Waals surface area contributed by atoms with E-state index in [1.54, 1.807) is 56.4 Å². The number of carboxylic acid groups (broad SMARTS) is 1. The minimum Gasteiger partial charge on any atom is -0.497 e. The number of sulfonamides is 1. The van der Waals surface area contributed by atoms with Crippen molar-refractivity contribution in [2.75, 3.05) is 11.8 Å². The summed E-state index contributed by atoms with van der Waals surface area (Å²) >= 11 is 0. The molecule has 0 saturated heterocycles. The first-order chi connectivity index (χ1) is 12.7. The van der Waals surface area contributed by atoms with Crippen LogP contribution in [0, 0.1) is 13.8 Å². The Morgan fingerprint density at radius 2 is 1.85 bits per heavy atom. The molecule has 142 valence electrons. The van der Waals surface area contributed by atoms with Crippen molar-refractivity contribution in [3.8, 4) is 5.75 Å². The first-order valence-corrected chi connectivity index (χ1v) is 9.69. The zero-order valence-electron chi connectivity index (χ0n) is 15.2. The highest BCUT2D eigenvalue weighted by Gasteiger charge is 2.22. The lowest BCUT2D eigenvalue weighted by Crippen LogP contribution is -2.17. The van der Waals surface area contributed by atoms with Gasteiger partial charge in [-0.25, -0.2) is 8.42 Å². The number of nitrogens with zero attached hydrogens (tertiary/aromatic N) is 1. The van der Waals surface area contributed by atoms with E-state index in [1.165, 1.54) is 11.7 Å². The molecule has 0 unspecified atom stereocenters. The van der Waals surface area contributed by atoms with E-state index in [2.05, 4.69) is 4.72 Å². The number of ether oxygens (including phenoxy) is 1. The van der Waals surface area contributed by atoms with Crippen molar-refractivity contribution in [1.29, 1.82) is 0 Å². The third kappa shape index (κ3) is 3.61. The smallest absolute Gasteiger partial charge is 0.323 e. The van der Waals surface area contributed by atoms with Crippen molar-refractivity contribution in [3.63, 3.8) is 0 Å². The summed E-state index contributed by atoms with van der Waals surface area (Å²) in [6, 6.07) is 10.2. The number of hydrogen-bond donors (Lipinski definition) is 2. The van der Waals surface area contributed by atoms with Crippen molar-refractivity contribution >= 4 is 32.6 Å². The van der Waals surface area contributed by atoms with E-state index < -0.39 is 16.0 Å². The average Bonchev–Trinajstić information content (AvgIpc) is 2.96. The molecule has 2 aromatic carbocycles. The Hall–Kier alpha value is -3.00. The first-order valence-electron chi connectivity index (χ1n) is 8.20. The van der Waals surface area contributed by atoms with Gasteiger partial charge in [-0.3, -0.25) is 9.52 Å². The first kappa shape index (κ1) is 18.8. The molecule has 0 radical (unpaired) electrons. The van der Waals surface area contributed by atoms with E-state index in [0.717, 1.165) is 5.39 Å². The molecule has 27 heavy (non-hydrogen) atoms. The Bertz CT molecular complexity index is 1110. The van der Waals surface area contributed by atoms with Crippen LogP contribution in [0.25, 0.3) is 10.9 Å². The second-order valence-corrected chi connectivity index (χ2v) is 7.90. The minimum absolute atomic E-state index is 0.177. The normalized spacial score (nSPS) is 11.5. The summed E-state index contributed by atoms with van der Waals surface area (Å²) in [5.74, 6) is -0.423. The van der Waals surface area contributed by atoms with Crippen molar-refractivity contribution in [1.82, 2.24) is 4.57 Å². The van der Waals surface area contributed by atoms with Gasteiger partial charge in [-0.05, 0) is 49.2 Å². The third-order valence-electron chi connectivity index (χ3n) is 4.28. The molecule has 3 rings (SSSR count). The van der Waals surface area contributed by atoms with E-state index in [0.29, 0.717) is 28.1 Å². The van der Waals surface area contributed by atoms with Gasteiger partial charge in [0.25, 0.3) is 10.0 Å². The van der Waals surface area contributed by atoms with Crippen LogP contribution in [0.3, 0.4) is 0 Å². The molecule has 2 N–H and O–H groups in total. The predicted molar refractivity (Wildman–Crippen MR) is 103 cm³/mol. The lowest BCUT2D eigenvalue weighted by atomic mass is 10.1. The van der Waals surface area contributed by atoms with Crippen LogP contribution < -0.4 is 9.46 Å². The van der Waals surface area contributed by atoms with Crippen LogP contribution in [0.1, 0.15) is 11.1 Å². The van der Waals surface area contributed by atoms with Gasteiger partial charge < -0.3 is 14.4 Å². The fourth-order valence-electron chi connectivity index (χ4n) is 3.27. The maximum atomic E-state index is 13.1. The maximum Gasteiger partial charge on any atom is 0.323 e. The van der Waals surface area contributed by atoms with Crippen molar-refractivity contribution in [2.24, 2.45) is 0 Å². The number of aromatic nitrogens is 1. The van der Waals surface area contributed by atoms with Gasteiger partial charge in [-0.1, -0.05) is 12.1 Å². The van der Waals surface area contributed by atoms with Crippen LogP contribution in [-0.4, -0.2) is 31.2 Å². The van der Waals surface area contributed by atoms with Crippen LogP contribution in [-0.2, 0) is 21.4 Å². The van der Waals surface area contributed by atoms with Crippen molar-refractivity contribution in [2.45, 2.75) is 25.3 Å². The number of aliphatic carboxylic acids is 1. The van der Waals surface area contributed by atoms with Gasteiger partial charge in [-0.15, -0.1) is 0 Å². The summed E-state index contributed by atoms with van der Waals surface area (Å²) in [6.07, 6.45) is 1.63. The van der Waals surface area contributed by atoms with Gasteiger partial charge in [0, 0.05) is 11.6 Å². The molecule has 0 fully saturated rings. The highest BCUT2D eigenvalue weighted by molar-refractivity contribution is 7.92. The van der Waals surface area contributed by atoms with Gasteiger partial charge in [0.05, 0.1) is 23.2 Å². The fraction of sp³-hybridized carbons (Fsp3) is 0.211. The number of nitrogens with one attached hydrogen (secondary N) is 1. The number of methoxy groups -OCH3 is 1. The Kier molecular flexibility index (Phi) is 4.84. The summed E-state index contributed by atoms with van der Waals surface area (Å²) in [7, 11) is -2.35.